The molecule has 2 aromatic rings. The summed E-state index contributed by atoms with van der Waals surface area (Å²) < 4.78 is 10.7. The first-order valence-electron chi connectivity index (χ1n) is 5.56. The van der Waals surface area contributed by atoms with E-state index in [1.54, 1.807) is 49.6 Å². The highest BCUT2D eigenvalue weighted by Gasteiger charge is 2.06. The molecule has 5 heteroatoms. The summed E-state index contributed by atoms with van der Waals surface area (Å²) in [6, 6.07) is 12.2. The number of halogens is 1. The first-order valence-corrected chi connectivity index (χ1v) is 5.94. The Morgan fingerprint density at radius 2 is 1.63 bits per heavy atom. The van der Waals surface area contributed by atoms with Crippen LogP contribution in [0.2, 0.25) is 5.02 Å². The lowest BCUT2D eigenvalue weighted by Gasteiger charge is -2.08. The monoisotopic (exact) mass is 276 g/mol. The van der Waals surface area contributed by atoms with Crippen LogP contribution >= 0.6 is 11.6 Å². The van der Waals surface area contributed by atoms with Gasteiger partial charge in [0.1, 0.15) is 23.1 Å². The predicted octanol–water partition coefficient (Wildman–Crippen LogP) is 3.42. The van der Waals surface area contributed by atoms with Gasteiger partial charge in [-0.2, -0.15) is 0 Å². The zero-order valence-electron chi connectivity index (χ0n) is 10.3. The van der Waals surface area contributed by atoms with E-state index in [1.165, 1.54) is 0 Å². The number of hydrogen-bond acceptors (Lipinski definition) is 3. The molecule has 98 valence electrons. The van der Waals surface area contributed by atoms with E-state index in [1.807, 2.05) is 0 Å². The minimum absolute atomic E-state index is 0.0685. The minimum Gasteiger partial charge on any atom is -0.497 e. The van der Waals surface area contributed by atoms with E-state index in [-0.39, 0.29) is 5.84 Å². The number of hydrogen-bond donors (Lipinski definition) is 2. The third-order valence-corrected chi connectivity index (χ3v) is 2.84. The van der Waals surface area contributed by atoms with Gasteiger partial charge in [-0.25, -0.2) is 0 Å². The number of nitrogen functional groups attached to an aromatic ring is 1. The molecule has 0 fully saturated rings. The molecule has 0 aliphatic rings. The molecule has 2 aromatic carbocycles. The molecule has 0 aliphatic carbocycles. The van der Waals surface area contributed by atoms with Crippen molar-refractivity contribution in [1.29, 1.82) is 5.41 Å². The van der Waals surface area contributed by atoms with Gasteiger partial charge < -0.3 is 15.2 Å². The Morgan fingerprint density at radius 1 is 1.05 bits per heavy atom. The number of nitrogens with one attached hydrogen (secondary N) is 1. The van der Waals surface area contributed by atoms with Crippen molar-refractivity contribution in [3.63, 3.8) is 0 Å². The van der Waals surface area contributed by atoms with Crippen LogP contribution in [-0.4, -0.2) is 12.9 Å². The fraction of sp³-hybridized carbons (Fsp3) is 0.0714. The molecular formula is C14H13ClN2O2. The molecule has 0 heterocycles. The van der Waals surface area contributed by atoms with Crippen LogP contribution < -0.4 is 15.2 Å². The van der Waals surface area contributed by atoms with Crippen molar-refractivity contribution in [3.8, 4) is 17.2 Å². The summed E-state index contributed by atoms with van der Waals surface area (Å²) in [5.74, 6) is 1.95. The Kier molecular flexibility index (Phi) is 3.92. The molecule has 0 amide bonds. The van der Waals surface area contributed by atoms with Crippen LogP contribution in [0.1, 0.15) is 5.56 Å². The average molecular weight is 277 g/mol. The lowest BCUT2D eigenvalue weighted by molar-refractivity contribution is 0.413. The summed E-state index contributed by atoms with van der Waals surface area (Å²) in [6.45, 7) is 0. The molecule has 4 nitrogen and oxygen atoms in total. The van der Waals surface area contributed by atoms with E-state index in [4.69, 9.17) is 32.2 Å². The van der Waals surface area contributed by atoms with Gasteiger partial charge in [-0.15, -0.1) is 0 Å². The minimum atomic E-state index is -0.0685. The van der Waals surface area contributed by atoms with Crippen molar-refractivity contribution in [3.05, 3.63) is 53.1 Å². The molecule has 0 bridgehead atoms. The van der Waals surface area contributed by atoms with Gasteiger partial charge >= 0.3 is 0 Å². The van der Waals surface area contributed by atoms with Crippen molar-refractivity contribution < 1.29 is 9.47 Å². The maximum absolute atomic E-state index is 7.35. The summed E-state index contributed by atoms with van der Waals surface area (Å²) in [5.41, 5.74) is 5.88. The summed E-state index contributed by atoms with van der Waals surface area (Å²) >= 11 is 6.02. The topological polar surface area (TPSA) is 68.3 Å². The SMILES string of the molecule is COc1ccc(Oc2ccc(C(=N)N)c(Cl)c2)cc1. The normalized spacial score (nSPS) is 10.0. The van der Waals surface area contributed by atoms with Gasteiger partial charge in [-0.05, 0) is 36.4 Å². The quantitative estimate of drug-likeness (QED) is 0.664. The van der Waals surface area contributed by atoms with Gasteiger partial charge in [0.25, 0.3) is 0 Å². The summed E-state index contributed by atoms with van der Waals surface area (Å²) in [7, 11) is 1.61. The second kappa shape index (κ2) is 5.63. The zero-order chi connectivity index (χ0) is 13.8. The van der Waals surface area contributed by atoms with E-state index in [9.17, 15) is 0 Å². The molecule has 0 saturated heterocycles. The lowest BCUT2D eigenvalue weighted by Crippen LogP contribution is -2.11. The molecular weight excluding hydrogens is 264 g/mol. The highest BCUT2D eigenvalue weighted by Crippen LogP contribution is 2.27. The second-order valence-corrected chi connectivity index (χ2v) is 4.24. The van der Waals surface area contributed by atoms with Gasteiger partial charge in [0.2, 0.25) is 0 Å². The number of ether oxygens (including phenoxy) is 2. The third kappa shape index (κ3) is 3.17. The van der Waals surface area contributed by atoms with Crippen LogP contribution in [0.25, 0.3) is 0 Å². The molecule has 0 aliphatic heterocycles. The fourth-order valence-electron chi connectivity index (χ4n) is 1.56. The molecule has 0 atom stereocenters. The highest BCUT2D eigenvalue weighted by molar-refractivity contribution is 6.34. The summed E-state index contributed by atoms with van der Waals surface area (Å²) in [6.07, 6.45) is 0. The number of amidine groups is 1. The Balaban J connectivity index is 2.18. The van der Waals surface area contributed by atoms with E-state index >= 15 is 0 Å². The molecule has 0 spiro atoms. The first-order chi connectivity index (χ1) is 9.10. The number of nitrogens with two attached hydrogens (primary N) is 1. The van der Waals surface area contributed by atoms with E-state index < -0.39 is 0 Å². The van der Waals surface area contributed by atoms with Crippen LogP contribution in [0.3, 0.4) is 0 Å². The molecule has 0 aromatic heterocycles. The molecule has 0 unspecified atom stereocenters. The Labute approximate surface area is 116 Å². The van der Waals surface area contributed by atoms with Crippen molar-refractivity contribution in [2.75, 3.05) is 7.11 Å². The van der Waals surface area contributed by atoms with Crippen LogP contribution in [0.15, 0.2) is 42.5 Å². The smallest absolute Gasteiger partial charge is 0.128 e. The number of rotatable bonds is 4. The first kappa shape index (κ1) is 13.2. The molecule has 0 radical (unpaired) electrons. The Bertz CT molecular complexity index is 597. The van der Waals surface area contributed by atoms with Crippen molar-refractivity contribution in [2.24, 2.45) is 5.73 Å². The average Bonchev–Trinajstić information content (AvgIpc) is 2.39. The van der Waals surface area contributed by atoms with E-state index in [2.05, 4.69) is 0 Å². The van der Waals surface area contributed by atoms with Crippen molar-refractivity contribution >= 4 is 17.4 Å². The van der Waals surface area contributed by atoms with Crippen molar-refractivity contribution in [1.82, 2.24) is 0 Å². The standard InChI is InChI=1S/C14H13ClN2O2/c1-18-9-2-4-10(5-3-9)19-11-6-7-12(14(16)17)13(15)8-11/h2-8H,1H3,(H3,16,17). The molecule has 2 rings (SSSR count). The van der Waals surface area contributed by atoms with Crippen LogP contribution in [0, 0.1) is 5.41 Å². The van der Waals surface area contributed by atoms with Crippen molar-refractivity contribution in [2.45, 2.75) is 0 Å². The number of benzene rings is 2. The van der Waals surface area contributed by atoms with Gasteiger partial charge in [-0.3, -0.25) is 5.41 Å². The fourth-order valence-corrected chi connectivity index (χ4v) is 1.83. The zero-order valence-corrected chi connectivity index (χ0v) is 11.1. The maximum Gasteiger partial charge on any atom is 0.128 e. The Morgan fingerprint density at radius 3 is 2.16 bits per heavy atom. The van der Waals surface area contributed by atoms with Gasteiger partial charge in [0, 0.05) is 11.6 Å². The number of methoxy groups -OCH3 is 1. The third-order valence-electron chi connectivity index (χ3n) is 2.53. The maximum atomic E-state index is 7.35. The Hall–Kier alpha value is -2.20. The lowest BCUT2D eigenvalue weighted by atomic mass is 10.2. The van der Waals surface area contributed by atoms with Crippen LogP contribution in [0.5, 0.6) is 17.2 Å². The van der Waals surface area contributed by atoms with Gasteiger partial charge in [-0.1, -0.05) is 11.6 Å². The van der Waals surface area contributed by atoms with Crippen LogP contribution in [0.4, 0.5) is 0 Å². The largest absolute Gasteiger partial charge is 0.497 e. The highest BCUT2D eigenvalue weighted by atomic mass is 35.5. The van der Waals surface area contributed by atoms with Gasteiger partial charge in [0.05, 0.1) is 12.1 Å². The summed E-state index contributed by atoms with van der Waals surface area (Å²) in [5, 5.41) is 7.74. The molecule has 3 N–H and O–H groups in total. The molecule has 0 saturated carbocycles. The predicted molar refractivity (Wildman–Crippen MR) is 75.5 cm³/mol. The van der Waals surface area contributed by atoms with E-state index in [0.29, 0.717) is 22.1 Å². The second-order valence-electron chi connectivity index (χ2n) is 3.83. The van der Waals surface area contributed by atoms with Crippen LogP contribution in [-0.2, 0) is 0 Å². The summed E-state index contributed by atoms with van der Waals surface area (Å²) in [4.78, 5) is 0. The van der Waals surface area contributed by atoms with Gasteiger partial charge in [0.15, 0.2) is 0 Å². The molecule has 19 heavy (non-hydrogen) atoms. The van der Waals surface area contributed by atoms with E-state index in [0.717, 1.165) is 5.75 Å².